The van der Waals surface area contributed by atoms with Crippen LogP contribution in [0.15, 0.2) is 35.4 Å². The number of hydrogen-bond donors (Lipinski definition) is 1. The van der Waals surface area contributed by atoms with Gasteiger partial charge in [-0.3, -0.25) is 4.79 Å². The molecule has 0 unspecified atom stereocenters. The molecule has 2 aromatic rings. The third-order valence-corrected chi connectivity index (χ3v) is 4.06. The third kappa shape index (κ3) is 5.27. The second kappa shape index (κ2) is 9.68. The van der Waals surface area contributed by atoms with Crippen LogP contribution in [0.4, 0.5) is 0 Å². The zero-order valence-electron chi connectivity index (χ0n) is 15.5. The van der Waals surface area contributed by atoms with Crippen molar-refractivity contribution in [1.82, 2.24) is 5.43 Å². The van der Waals surface area contributed by atoms with Gasteiger partial charge in [0.15, 0.2) is 11.5 Å². The zero-order valence-corrected chi connectivity index (χ0v) is 16.3. The maximum atomic E-state index is 12.1. The van der Waals surface area contributed by atoms with E-state index in [9.17, 15) is 4.79 Å². The van der Waals surface area contributed by atoms with E-state index in [0.717, 1.165) is 0 Å². The molecule has 2 aromatic carbocycles. The van der Waals surface area contributed by atoms with Crippen LogP contribution in [0.25, 0.3) is 0 Å². The fourth-order valence-electron chi connectivity index (χ4n) is 2.38. The van der Waals surface area contributed by atoms with Crippen LogP contribution in [0.5, 0.6) is 23.0 Å². The molecule has 8 heteroatoms. The minimum atomic E-state index is -0.311. The van der Waals surface area contributed by atoms with E-state index in [2.05, 4.69) is 10.5 Å². The lowest BCUT2D eigenvalue weighted by Gasteiger charge is -2.12. The smallest absolute Gasteiger partial charge is 0.244 e. The fraction of sp³-hybridized carbons (Fsp3) is 0.263. The van der Waals surface area contributed by atoms with Crippen LogP contribution in [0, 0.1) is 0 Å². The summed E-state index contributed by atoms with van der Waals surface area (Å²) in [5.74, 6) is 1.78. The lowest BCUT2D eigenvalue weighted by Crippen LogP contribution is -2.20. The number of carbonyl (C=O) groups excluding carboxylic acids is 1. The summed E-state index contributed by atoms with van der Waals surface area (Å²) in [7, 11) is 6.13. The molecule has 0 aliphatic heterocycles. The summed E-state index contributed by atoms with van der Waals surface area (Å²) in [5, 5.41) is 4.45. The van der Waals surface area contributed by atoms with Crippen molar-refractivity contribution in [2.24, 2.45) is 5.10 Å². The van der Waals surface area contributed by atoms with E-state index in [1.807, 2.05) is 0 Å². The molecule has 0 bridgehead atoms. The summed E-state index contributed by atoms with van der Waals surface area (Å²) >= 11 is 6.11. The molecule has 0 aliphatic rings. The SMILES string of the molecule is COc1ccc(Cl)c(CC(=O)N/N=C/c2cc(OC)c(OC)c(OC)c2)c1. The lowest BCUT2D eigenvalue weighted by atomic mass is 10.1. The highest BCUT2D eigenvalue weighted by Crippen LogP contribution is 2.37. The summed E-state index contributed by atoms with van der Waals surface area (Å²) in [5.41, 5.74) is 3.79. The van der Waals surface area contributed by atoms with Crippen LogP contribution in [0.2, 0.25) is 5.02 Å². The van der Waals surface area contributed by atoms with Gasteiger partial charge in [0.2, 0.25) is 11.7 Å². The van der Waals surface area contributed by atoms with Crippen molar-refractivity contribution < 1.29 is 23.7 Å². The van der Waals surface area contributed by atoms with Gasteiger partial charge in [-0.05, 0) is 35.9 Å². The van der Waals surface area contributed by atoms with Gasteiger partial charge in [-0.25, -0.2) is 5.43 Å². The van der Waals surface area contributed by atoms with Gasteiger partial charge in [0.1, 0.15) is 5.75 Å². The van der Waals surface area contributed by atoms with E-state index in [-0.39, 0.29) is 12.3 Å². The van der Waals surface area contributed by atoms with Gasteiger partial charge in [-0.1, -0.05) is 11.6 Å². The van der Waals surface area contributed by atoms with Gasteiger partial charge in [-0.15, -0.1) is 0 Å². The Morgan fingerprint density at radius 1 is 1.04 bits per heavy atom. The number of amides is 1. The van der Waals surface area contributed by atoms with Gasteiger partial charge < -0.3 is 18.9 Å². The molecule has 0 radical (unpaired) electrons. The van der Waals surface area contributed by atoms with Crippen molar-refractivity contribution in [3.05, 3.63) is 46.5 Å². The van der Waals surface area contributed by atoms with E-state index < -0.39 is 0 Å². The van der Waals surface area contributed by atoms with Gasteiger partial charge in [0.05, 0.1) is 41.1 Å². The Kier molecular flexibility index (Phi) is 7.31. The third-order valence-electron chi connectivity index (χ3n) is 3.69. The number of nitrogens with zero attached hydrogens (tertiary/aromatic N) is 1. The first-order valence-electron chi connectivity index (χ1n) is 7.96. The largest absolute Gasteiger partial charge is 0.497 e. The van der Waals surface area contributed by atoms with Crippen molar-refractivity contribution >= 4 is 23.7 Å². The molecule has 0 saturated carbocycles. The molecule has 1 amide bonds. The number of benzene rings is 2. The molecule has 0 fully saturated rings. The molecule has 2 rings (SSSR count). The van der Waals surface area contributed by atoms with Gasteiger partial charge in [0, 0.05) is 10.6 Å². The number of methoxy groups -OCH3 is 4. The summed E-state index contributed by atoms with van der Waals surface area (Å²) in [4.78, 5) is 12.1. The molecule has 1 N–H and O–H groups in total. The molecular formula is C19H21ClN2O5. The number of hydrazone groups is 1. The van der Waals surface area contributed by atoms with Crippen molar-refractivity contribution in [3.8, 4) is 23.0 Å². The van der Waals surface area contributed by atoms with Crippen LogP contribution in [0.1, 0.15) is 11.1 Å². The van der Waals surface area contributed by atoms with E-state index >= 15 is 0 Å². The molecule has 7 nitrogen and oxygen atoms in total. The quantitative estimate of drug-likeness (QED) is 0.551. The number of nitrogens with one attached hydrogen (secondary N) is 1. The first-order chi connectivity index (χ1) is 13.0. The molecule has 0 saturated heterocycles. The number of carbonyl (C=O) groups is 1. The average molecular weight is 393 g/mol. The van der Waals surface area contributed by atoms with Gasteiger partial charge >= 0.3 is 0 Å². The van der Waals surface area contributed by atoms with E-state index in [0.29, 0.717) is 39.1 Å². The molecule has 144 valence electrons. The molecule has 0 aliphatic carbocycles. The predicted octanol–water partition coefficient (Wildman–Crippen LogP) is 3.07. The average Bonchev–Trinajstić information content (AvgIpc) is 2.68. The molecule has 0 heterocycles. The number of rotatable bonds is 8. The second-order valence-electron chi connectivity index (χ2n) is 5.39. The van der Waals surface area contributed by atoms with Crippen LogP contribution < -0.4 is 24.4 Å². The number of hydrogen-bond acceptors (Lipinski definition) is 6. The molecule has 27 heavy (non-hydrogen) atoms. The summed E-state index contributed by atoms with van der Waals surface area (Å²) in [6.45, 7) is 0. The minimum absolute atomic E-state index is 0.0721. The maximum absolute atomic E-state index is 12.1. The van der Waals surface area contributed by atoms with E-state index in [1.54, 1.807) is 37.4 Å². The monoisotopic (exact) mass is 392 g/mol. The topological polar surface area (TPSA) is 78.4 Å². The predicted molar refractivity (Wildman–Crippen MR) is 104 cm³/mol. The Morgan fingerprint density at radius 3 is 2.26 bits per heavy atom. The van der Waals surface area contributed by atoms with Crippen molar-refractivity contribution in [2.75, 3.05) is 28.4 Å². The molecular weight excluding hydrogens is 372 g/mol. The Labute approximate surface area is 162 Å². The standard InChI is InChI=1S/C19H21ClN2O5/c1-24-14-5-6-15(20)13(9-14)10-18(23)22-21-11-12-7-16(25-2)19(27-4)17(8-12)26-3/h5-9,11H,10H2,1-4H3,(H,22,23)/b21-11+. The highest BCUT2D eigenvalue weighted by molar-refractivity contribution is 6.31. The first kappa shape index (κ1) is 20.4. The minimum Gasteiger partial charge on any atom is -0.497 e. The first-order valence-corrected chi connectivity index (χ1v) is 8.34. The van der Waals surface area contributed by atoms with Crippen molar-refractivity contribution in [1.29, 1.82) is 0 Å². The van der Waals surface area contributed by atoms with Crippen LogP contribution >= 0.6 is 11.6 Å². The van der Waals surface area contributed by atoms with Crippen LogP contribution in [0.3, 0.4) is 0 Å². The Morgan fingerprint density at radius 2 is 1.70 bits per heavy atom. The van der Waals surface area contributed by atoms with Gasteiger partial charge in [0.25, 0.3) is 0 Å². The van der Waals surface area contributed by atoms with Crippen LogP contribution in [-0.2, 0) is 11.2 Å². The highest BCUT2D eigenvalue weighted by Gasteiger charge is 2.12. The normalized spacial score (nSPS) is 10.6. The Hall–Kier alpha value is -2.93. The molecule has 0 spiro atoms. The lowest BCUT2D eigenvalue weighted by molar-refractivity contribution is -0.120. The highest BCUT2D eigenvalue weighted by atomic mass is 35.5. The zero-order chi connectivity index (χ0) is 19.8. The molecule has 0 aromatic heterocycles. The van der Waals surface area contributed by atoms with Crippen LogP contribution in [-0.4, -0.2) is 40.6 Å². The van der Waals surface area contributed by atoms with E-state index in [4.69, 9.17) is 30.5 Å². The Balaban J connectivity index is 2.08. The summed E-state index contributed by atoms with van der Waals surface area (Å²) in [6, 6.07) is 8.56. The molecule has 0 atom stereocenters. The fourth-order valence-corrected chi connectivity index (χ4v) is 2.57. The van der Waals surface area contributed by atoms with E-state index in [1.165, 1.54) is 27.5 Å². The van der Waals surface area contributed by atoms with Crippen molar-refractivity contribution in [2.45, 2.75) is 6.42 Å². The number of ether oxygens (including phenoxy) is 4. The summed E-state index contributed by atoms with van der Waals surface area (Å²) < 4.78 is 21.0. The summed E-state index contributed by atoms with van der Waals surface area (Å²) in [6.07, 6.45) is 1.55. The number of halogens is 1. The maximum Gasteiger partial charge on any atom is 0.244 e. The van der Waals surface area contributed by atoms with Gasteiger partial charge in [-0.2, -0.15) is 5.10 Å². The van der Waals surface area contributed by atoms with Crippen molar-refractivity contribution in [3.63, 3.8) is 0 Å². The Bertz CT molecular complexity index is 814. The second-order valence-corrected chi connectivity index (χ2v) is 5.79.